The minimum absolute atomic E-state index is 0.572. The summed E-state index contributed by atoms with van der Waals surface area (Å²) in [6, 6.07) is 11.9. The van der Waals surface area contributed by atoms with Crippen LogP contribution in [0.2, 0.25) is 10.0 Å². The van der Waals surface area contributed by atoms with Crippen molar-refractivity contribution in [1.82, 2.24) is 4.81 Å². The third-order valence-electron chi connectivity index (χ3n) is 4.77. The van der Waals surface area contributed by atoms with Gasteiger partial charge in [0.25, 0.3) is 7.41 Å². The van der Waals surface area contributed by atoms with Gasteiger partial charge in [-0.2, -0.15) is 0 Å². The minimum Gasteiger partial charge on any atom is -0.397 e. The molecule has 1 radical (unpaired) electrons. The lowest BCUT2D eigenvalue weighted by molar-refractivity contribution is 0.409. The van der Waals surface area contributed by atoms with E-state index in [0.717, 1.165) is 67.7 Å². The summed E-state index contributed by atoms with van der Waals surface area (Å²) in [5, 5.41) is 1.15. The first-order chi connectivity index (χ1) is 12.6. The van der Waals surface area contributed by atoms with Crippen LogP contribution in [0.15, 0.2) is 36.4 Å². The highest BCUT2D eigenvalue weighted by molar-refractivity contribution is 6.64. The number of hydrogen-bond acceptors (Lipinski definition) is 4. The van der Waals surface area contributed by atoms with Crippen LogP contribution >= 0.6 is 23.2 Å². The Bertz CT molecular complexity index is 779. The summed E-state index contributed by atoms with van der Waals surface area (Å²) in [4.78, 5) is 14.9. The number of carbonyl (C=O) groups excluding carboxylic acids is 1. The molecule has 0 spiro atoms. The van der Waals surface area contributed by atoms with E-state index < -0.39 is 0 Å². The number of rotatable bonds is 6. The van der Waals surface area contributed by atoms with E-state index >= 15 is 0 Å². The average Bonchev–Trinajstić information content (AvgIpc) is 2.65. The van der Waals surface area contributed by atoms with Crippen LogP contribution in [0.3, 0.4) is 0 Å². The Kier molecular flexibility index (Phi) is 6.46. The Hall–Kier alpha value is -1.69. The van der Waals surface area contributed by atoms with Crippen LogP contribution < -0.4 is 10.6 Å². The number of halogens is 2. The summed E-state index contributed by atoms with van der Waals surface area (Å²) < 4.78 is 0. The molecule has 2 aromatic carbocycles. The lowest BCUT2D eigenvalue weighted by Gasteiger charge is -2.36. The van der Waals surface area contributed by atoms with Crippen LogP contribution in [0.4, 0.5) is 11.4 Å². The van der Waals surface area contributed by atoms with Crippen LogP contribution in [0.1, 0.15) is 11.1 Å². The van der Waals surface area contributed by atoms with Crippen molar-refractivity contribution in [3.8, 4) is 0 Å². The van der Waals surface area contributed by atoms with Gasteiger partial charge in [-0.05, 0) is 42.2 Å². The van der Waals surface area contributed by atoms with Gasteiger partial charge < -0.3 is 20.2 Å². The van der Waals surface area contributed by atoms with E-state index in [9.17, 15) is 4.79 Å². The molecule has 0 atom stereocenters. The summed E-state index contributed by atoms with van der Waals surface area (Å²) in [5.74, 6) is 0. The lowest BCUT2D eigenvalue weighted by atomic mass is 9.93. The molecule has 26 heavy (non-hydrogen) atoms. The number of nitrogens with two attached hydrogens (primary N) is 1. The molecule has 1 aliphatic heterocycles. The molecule has 2 aromatic rings. The molecule has 4 nitrogen and oxygen atoms in total. The Morgan fingerprint density at radius 2 is 1.81 bits per heavy atom. The summed E-state index contributed by atoms with van der Waals surface area (Å²) >= 11 is 12.1. The van der Waals surface area contributed by atoms with Gasteiger partial charge in [-0.1, -0.05) is 41.4 Å². The maximum absolute atomic E-state index is 10.6. The molecule has 1 heterocycles. The Morgan fingerprint density at radius 3 is 2.50 bits per heavy atom. The largest absolute Gasteiger partial charge is 0.397 e. The molecule has 0 aliphatic carbocycles. The number of nitrogen functional groups attached to an aromatic ring is 1. The smallest absolute Gasteiger partial charge is 0.293 e. The quantitative estimate of drug-likeness (QED) is 0.468. The van der Waals surface area contributed by atoms with Crippen LogP contribution in [-0.2, 0) is 17.6 Å². The second-order valence-electron chi connectivity index (χ2n) is 6.41. The van der Waals surface area contributed by atoms with E-state index in [1.807, 2.05) is 23.0 Å². The predicted molar refractivity (Wildman–Crippen MR) is 111 cm³/mol. The first-order valence-electron chi connectivity index (χ1n) is 8.67. The standard InChI is InChI=1S/C19H21BCl2N3O/c21-16-7-5-14(12-17(16)22)4-6-15-2-1-3-18(19(15)23)24-8-10-25(11-9-24)20-13-26/h1-3,5,7,12-13H,4,6,8-11,23H2. The molecule has 0 amide bonds. The second-order valence-corrected chi connectivity index (χ2v) is 7.22. The van der Waals surface area contributed by atoms with Crippen molar-refractivity contribution in [1.29, 1.82) is 0 Å². The van der Waals surface area contributed by atoms with Gasteiger partial charge in [0, 0.05) is 26.2 Å². The van der Waals surface area contributed by atoms with Gasteiger partial charge in [0.2, 0.25) is 0 Å². The Balaban J connectivity index is 1.67. The van der Waals surface area contributed by atoms with Crippen molar-refractivity contribution in [2.45, 2.75) is 12.8 Å². The zero-order valence-electron chi connectivity index (χ0n) is 14.5. The Morgan fingerprint density at radius 1 is 1.04 bits per heavy atom. The number of para-hydroxylation sites is 1. The predicted octanol–water partition coefficient (Wildman–Crippen LogP) is 3.29. The van der Waals surface area contributed by atoms with Crippen molar-refractivity contribution in [3.63, 3.8) is 0 Å². The molecule has 7 heteroatoms. The molecule has 3 rings (SSSR count). The van der Waals surface area contributed by atoms with Crippen LogP contribution in [0.25, 0.3) is 0 Å². The number of anilines is 2. The molecule has 0 unspecified atom stereocenters. The van der Waals surface area contributed by atoms with Gasteiger partial charge in [-0.3, -0.25) is 0 Å². The monoisotopic (exact) mass is 388 g/mol. The first-order valence-corrected chi connectivity index (χ1v) is 9.43. The zero-order chi connectivity index (χ0) is 18.5. The summed E-state index contributed by atoms with van der Waals surface area (Å²) in [7, 11) is 1.61. The molecule has 0 saturated carbocycles. The number of benzene rings is 2. The number of aryl methyl sites for hydroxylation is 2. The highest BCUT2D eigenvalue weighted by atomic mass is 35.5. The van der Waals surface area contributed by atoms with Gasteiger partial charge in [0.05, 0.1) is 27.6 Å². The molecule has 0 bridgehead atoms. The topological polar surface area (TPSA) is 49.6 Å². The van der Waals surface area contributed by atoms with E-state index in [-0.39, 0.29) is 0 Å². The average molecular weight is 389 g/mol. The van der Waals surface area contributed by atoms with Crippen molar-refractivity contribution in [2.24, 2.45) is 0 Å². The molecule has 135 valence electrons. The van der Waals surface area contributed by atoms with Crippen molar-refractivity contribution in [3.05, 3.63) is 57.6 Å². The lowest BCUT2D eigenvalue weighted by Crippen LogP contribution is -2.48. The van der Waals surface area contributed by atoms with Crippen molar-refractivity contribution < 1.29 is 4.79 Å². The maximum atomic E-state index is 10.6. The highest BCUT2D eigenvalue weighted by Crippen LogP contribution is 2.29. The van der Waals surface area contributed by atoms with E-state index in [1.54, 1.807) is 7.41 Å². The summed E-state index contributed by atoms with van der Waals surface area (Å²) in [6.07, 6.45) is 2.54. The van der Waals surface area contributed by atoms with Gasteiger partial charge in [0.15, 0.2) is 0 Å². The number of carbonyl (C=O) groups is 1. The van der Waals surface area contributed by atoms with Gasteiger partial charge in [0.1, 0.15) is 0 Å². The molecular formula is C19H21BCl2N3O. The van der Waals surface area contributed by atoms with Crippen molar-refractivity contribution in [2.75, 3.05) is 36.8 Å². The summed E-state index contributed by atoms with van der Waals surface area (Å²) in [5.41, 5.74) is 10.6. The van der Waals surface area contributed by atoms with Crippen molar-refractivity contribution >= 4 is 48.2 Å². The SMILES string of the molecule is Nc1c(CCc2ccc(Cl)c(Cl)c2)cccc1N1CCN([B]C=O)CC1. The molecule has 1 aliphatic rings. The maximum Gasteiger partial charge on any atom is 0.293 e. The van der Waals surface area contributed by atoms with Crippen LogP contribution in [0, 0.1) is 0 Å². The third-order valence-corrected chi connectivity index (χ3v) is 5.51. The fourth-order valence-electron chi connectivity index (χ4n) is 3.27. The molecular weight excluding hydrogens is 368 g/mol. The molecule has 1 saturated heterocycles. The normalized spacial score (nSPS) is 15.1. The molecule has 0 aromatic heterocycles. The second kappa shape index (κ2) is 8.80. The number of nitrogens with zero attached hydrogens (tertiary/aromatic N) is 2. The Labute approximate surface area is 165 Å². The van der Waals surface area contributed by atoms with Crippen LogP contribution in [-0.4, -0.2) is 44.6 Å². The molecule has 1 fully saturated rings. The van der Waals surface area contributed by atoms with Gasteiger partial charge >= 0.3 is 0 Å². The number of piperazine rings is 1. The summed E-state index contributed by atoms with van der Waals surface area (Å²) in [6.45, 7) is 3.35. The zero-order valence-corrected chi connectivity index (χ0v) is 16.0. The van der Waals surface area contributed by atoms with E-state index in [0.29, 0.717) is 10.0 Å². The fraction of sp³-hybridized carbons (Fsp3) is 0.316. The van der Waals surface area contributed by atoms with Gasteiger partial charge in [-0.15, -0.1) is 0 Å². The number of hydrogen-bond donors (Lipinski definition) is 1. The highest BCUT2D eigenvalue weighted by Gasteiger charge is 2.19. The van der Waals surface area contributed by atoms with Crippen LogP contribution in [0.5, 0.6) is 0 Å². The van der Waals surface area contributed by atoms with E-state index in [2.05, 4.69) is 23.1 Å². The molecule has 2 N–H and O–H groups in total. The van der Waals surface area contributed by atoms with E-state index in [4.69, 9.17) is 28.9 Å². The third kappa shape index (κ3) is 4.53. The van der Waals surface area contributed by atoms with Gasteiger partial charge in [-0.25, -0.2) is 0 Å². The minimum atomic E-state index is 0.572. The first kappa shape index (κ1) is 19.1. The fourth-order valence-corrected chi connectivity index (χ4v) is 3.59. The van der Waals surface area contributed by atoms with E-state index in [1.165, 1.54) is 0 Å².